The lowest BCUT2D eigenvalue weighted by Crippen LogP contribution is -2.49. The Morgan fingerprint density at radius 3 is 2.31 bits per heavy atom. The van der Waals surface area contributed by atoms with Crippen molar-refractivity contribution in [1.29, 1.82) is 0 Å². The zero-order valence-electron chi connectivity index (χ0n) is 8.29. The Balaban J connectivity index is 2.76. The highest BCUT2D eigenvalue weighted by Crippen LogP contribution is 2.45. The summed E-state index contributed by atoms with van der Waals surface area (Å²) < 4.78 is 0. The van der Waals surface area contributed by atoms with E-state index >= 15 is 0 Å². The van der Waals surface area contributed by atoms with Gasteiger partial charge in [-0.1, -0.05) is 13.8 Å². The van der Waals surface area contributed by atoms with Gasteiger partial charge >= 0.3 is 6.09 Å². The fourth-order valence-electron chi connectivity index (χ4n) is 1.89. The number of nitrogens with one attached hydrogen (secondary N) is 1. The Bertz CT molecular complexity index is 223. The van der Waals surface area contributed by atoms with E-state index in [1.807, 2.05) is 13.8 Å². The molecular formula is C9H17NO3. The van der Waals surface area contributed by atoms with E-state index in [-0.39, 0.29) is 6.04 Å². The molecule has 1 aliphatic carbocycles. The van der Waals surface area contributed by atoms with Crippen LogP contribution in [0.3, 0.4) is 0 Å². The largest absolute Gasteiger partial charge is 0.465 e. The predicted octanol–water partition coefficient (Wildman–Crippen LogP) is 1.19. The highest BCUT2D eigenvalue weighted by molar-refractivity contribution is 5.65. The minimum Gasteiger partial charge on any atom is -0.465 e. The van der Waals surface area contributed by atoms with Crippen LogP contribution in [0, 0.1) is 5.41 Å². The Morgan fingerprint density at radius 1 is 1.46 bits per heavy atom. The van der Waals surface area contributed by atoms with Crippen molar-refractivity contribution >= 4 is 6.09 Å². The first-order chi connectivity index (χ1) is 5.77. The molecule has 1 fully saturated rings. The molecule has 4 heteroatoms. The molecule has 2 atom stereocenters. The summed E-state index contributed by atoms with van der Waals surface area (Å²) in [5.74, 6) is 0. The summed E-state index contributed by atoms with van der Waals surface area (Å²) in [6, 6.07) is -0.153. The van der Waals surface area contributed by atoms with Crippen LogP contribution in [-0.4, -0.2) is 27.9 Å². The van der Waals surface area contributed by atoms with Crippen molar-refractivity contribution < 1.29 is 15.0 Å². The second-order valence-corrected chi connectivity index (χ2v) is 4.54. The summed E-state index contributed by atoms with van der Waals surface area (Å²) in [6.45, 7) is 5.54. The average molecular weight is 187 g/mol. The van der Waals surface area contributed by atoms with Gasteiger partial charge in [-0.3, -0.25) is 0 Å². The summed E-state index contributed by atoms with van der Waals surface area (Å²) in [5, 5.41) is 21.0. The number of carbonyl (C=O) groups is 1. The van der Waals surface area contributed by atoms with Crippen molar-refractivity contribution in [3.05, 3.63) is 0 Å². The average Bonchev–Trinajstić information content (AvgIpc) is 2.11. The summed E-state index contributed by atoms with van der Waals surface area (Å²) >= 11 is 0. The first-order valence-corrected chi connectivity index (χ1v) is 4.49. The fourth-order valence-corrected chi connectivity index (χ4v) is 1.89. The molecule has 0 bridgehead atoms. The summed E-state index contributed by atoms with van der Waals surface area (Å²) in [4.78, 5) is 10.5. The molecule has 0 radical (unpaired) electrons. The van der Waals surface area contributed by atoms with Crippen LogP contribution in [0.1, 0.15) is 33.6 Å². The minimum atomic E-state index is -1.02. The first kappa shape index (κ1) is 10.3. The zero-order valence-corrected chi connectivity index (χ0v) is 8.29. The van der Waals surface area contributed by atoms with Crippen molar-refractivity contribution in [2.75, 3.05) is 0 Å². The van der Waals surface area contributed by atoms with E-state index in [9.17, 15) is 9.90 Å². The van der Waals surface area contributed by atoms with Crippen LogP contribution in [0.15, 0.2) is 0 Å². The van der Waals surface area contributed by atoms with Gasteiger partial charge in [0, 0.05) is 11.5 Å². The summed E-state index contributed by atoms with van der Waals surface area (Å²) in [6.07, 6.45) is 0.327. The molecule has 13 heavy (non-hydrogen) atoms. The van der Waals surface area contributed by atoms with Crippen molar-refractivity contribution in [2.24, 2.45) is 5.41 Å². The number of hydrogen-bond donors (Lipinski definition) is 3. The Kier molecular flexibility index (Phi) is 2.28. The Hall–Kier alpha value is -0.770. The van der Waals surface area contributed by atoms with Crippen LogP contribution >= 0.6 is 0 Å². The van der Waals surface area contributed by atoms with Gasteiger partial charge in [0.05, 0.1) is 5.60 Å². The van der Waals surface area contributed by atoms with Crippen molar-refractivity contribution in [2.45, 2.75) is 45.3 Å². The lowest BCUT2D eigenvalue weighted by atomic mass is 9.77. The van der Waals surface area contributed by atoms with Gasteiger partial charge in [0.2, 0.25) is 0 Å². The van der Waals surface area contributed by atoms with Crippen LogP contribution in [0.5, 0.6) is 0 Å². The van der Waals surface area contributed by atoms with E-state index in [1.54, 1.807) is 6.92 Å². The van der Waals surface area contributed by atoms with Crippen molar-refractivity contribution in [1.82, 2.24) is 5.32 Å². The maximum Gasteiger partial charge on any atom is 0.404 e. The quantitative estimate of drug-likeness (QED) is 0.577. The molecule has 76 valence electrons. The van der Waals surface area contributed by atoms with Crippen LogP contribution in [0.25, 0.3) is 0 Å². The third-order valence-corrected chi connectivity index (χ3v) is 3.48. The molecule has 4 nitrogen and oxygen atoms in total. The monoisotopic (exact) mass is 187 g/mol. The predicted molar refractivity (Wildman–Crippen MR) is 48.6 cm³/mol. The molecule has 0 spiro atoms. The number of aliphatic hydroxyl groups is 1. The summed E-state index contributed by atoms with van der Waals surface area (Å²) in [7, 11) is 0. The van der Waals surface area contributed by atoms with Gasteiger partial charge in [-0.15, -0.1) is 0 Å². The molecule has 0 aromatic carbocycles. The van der Waals surface area contributed by atoms with E-state index < -0.39 is 17.1 Å². The van der Waals surface area contributed by atoms with Crippen molar-refractivity contribution in [3.8, 4) is 0 Å². The lowest BCUT2D eigenvalue weighted by molar-refractivity contribution is -0.0337. The minimum absolute atomic E-state index is 0.153. The third kappa shape index (κ3) is 1.63. The second-order valence-electron chi connectivity index (χ2n) is 4.54. The van der Waals surface area contributed by atoms with Gasteiger partial charge in [-0.25, -0.2) is 4.79 Å². The van der Waals surface area contributed by atoms with Gasteiger partial charge < -0.3 is 15.5 Å². The van der Waals surface area contributed by atoms with E-state index in [2.05, 4.69) is 5.32 Å². The van der Waals surface area contributed by atoms with E-state index in [0.29, 0.717) is 12.8 Å². The van der Waals surface area contributed by atoms with E-state index in [4.69, 9.17) is 5.11 Å². The van der Waals surface area contributed by atoms with E-state index in [1.165, 1.54) is 0 Å². The molecule has 1 unspecified atom stereocenters. The van der Waals surface area contributed by atoms with Crippen LogP contribution < -0.4 is 5.32 Å². The molecule has 0 saturated heterocycles. The molecule has 1 amide bonds. The Morgan fingerprint density at radius 2 is 2.00 bits per heavy atom. The maximum absolute atomic E-state index is 10.5. The third-order valence-electron chi connectivity index (χ3n) is 3.48. The molecule has 1 rings (SSSR count). The lowest BCUT2D eigenvalue weighted by Gasteiger charge is -2.37. The van der Waals surface area contributed by atoms with E-state index in [0.717, 1.165) is 0 Å². The normalized spacial score (nSPS) is 37.4. The maximum atomic E-state index is 10.5. The molecule has 0 aliphatic heterocycles. The molecule has 0 aromatic rings. The second kappa shape index (κ2) is 2.87. The molecule has 1 saturated carbocycles. The van der Waals surface area contributed by atoms with Gasteiger partial charge in [0.1, 0.15) is 0 Å². The number of amides is 1. The number of rotatable bonds is 1. The fraction of sp³-hybridized carbons (Fsp3) is 0.889. The number of hydrogen-bond acceptors (Lipinski definition) is 2. The highest BCUT2D eigenvalue weighted by atomic mass is 16.4. The molecule has 0 aromatic heterocycles. The van der Waals surface area contributed by atoms with Gasteiger partial charge in [0.15, 0.2) is 0 Å². The van der Waals surface area contributed by atoms with Crippen LogP contribution in [0.2, 0.25) is 0 Å². The van der Waals surface area contributed by atoms with Crippen LogP contribution in [0.4, 0.5) is 4.79 Å². The van der Waals surface area contributed by atoms with Crippen molar-refractivity contribution in [3.63, 3.8) is 0 Å². The molecule has 0 heterocycles. The smallest absolute Gasteiger partial charge is 0.404 e. The number of carboxylic acid groups (broad SMARTS) is 1. The molecular weight excluding hydrogens is 170 g/mol. The first-order valence-electron chi connectivity index (χ1n) is 4.49. The standard InChI is InChI=1S/C9H17NO3/c1-8(2)6(10-7(11)12)4-5-9(8,3)13/h6,10,13H,4-5H2,1-3H3,(H,11,12)/t6?,9-/m1/s1. The van der Waals surface area contributed by atoms with Gasteiger partial charge in [-0.05, 0) is 19.8 Å². The van der Waals surface area contributed by atoms with Gasteiger partial charge in [0.25, 0.3) is 0 Å². The van der Waals surface area contributed by atoms with Crippen LogP contribution in [-0.2, 0) is 0 Å². The molecule has 3 N–H and O–H groups in total. The topological polar surface area (TPSA) is 69.6 Å². The highest BCUT2D eigenvalue weighted by Gasteiger charge is 2.51. The Labute approximate surface area is 78.0 Å². The molecule has 1 aliphatic rings. The SMILES string of the molecule is CC1(C)C(NC(=O)O)CC[C@@]1(C)O. The zero-order chi connectivity index (χ0) is 10.3. The summed E-state index contributed by atoms with van der Waals surface area (Å²) in [5.41, 5.74) is -1.18. The van der Waals surface area contributed by atoms with Gasteiger partial charge in [-0.2, -0.15) is 0 Å².